The maximum Gasteiger partial charge on any atom is 0.255 e. The van der Waals surface area contributed by atoms with Crippen molar-refractivity contribution in [3.63, 3.8) is 0 Å². The summed E-state index contributed by atoms with van der Waals surface area (Å²) in [4.78, 5) is 16.9. The SMILES string of the molecule is Nc1ccccc1NC(=O)c1ccc(CNc2nc3cc(Cl)ccc3s2)cc1. The van der Waals surface area contributed by atoms with Crippen LogP contribution in [-0.2, 0) is 6.54 Å². The van der Waals surface area contributed by atoms with E-state index in [-0.39, 0.29) is 5.91 Å². The molecule has 0 aliphatic rings. The van der Waals surface area contributed by atoms with Crippen molar-refractivity contribution in [3.05, 3.63) is 82.9 Å². The lowest BCUT2D eigenvalue weighted by Crippen LogP contribution is -2.13. The lowest BCUT2D eigenvalue weighted by molar-refractivity contribution is 0.102. The molecule has 1 amide bonds. The van der Waals surface area contributed by atoms with Gasteiger partial charge in [-0.2, -0.15) is 0 Å². The van der Waals surface area contributed by atoms with Gasteiger partial charge in [-0.3, -0.25) is 4.79 Å². The number of carbonyl (C=O) groups is 1. The number of fused-ring (bicyclic) bond motifs is 1. The number of nitrogens with two attached hydrogens (primary N) is 1. The Kier molecular flexibility index (Phi) is 5.14. The Balaban J connectivity index is 1.40. The van der Waals surface area contributed by atoms with Crippen molar-refractivity contribution < 1.29 is 4.79 Å². The van der Waals surface area contributed by atoms with Crippen LogP contribution < -0.4 is 16.4 Å². The molecule has 7 heteroatoms. The molecule has 0 fully saturated rings. The van der Waals surface area contributed by atoms with E-state index >= 15 is 0 Å². The Morgan fingerprint density at radius 3 is 2.64 bits per heavy atom. The molecule has 3 aromatic carbocycles. The minimum absolute atomic E-state index is 0.194. The normalized spacial score (nSPS) is 10.8. The molecular formula is C21H17ClN4OS. The first-order valence-corrected chi connectivity index (χ1v) is 9.83. The molecule has 0 saturated heterocycles. The molecule has 0 radical (unpaired) electrons. The van der Waals surface area contributed by atoms with E-state index in [9.17, 15) is 4.79 Å². The zero-order valence-electron chi connectivity index (χ0n) is 14.8. The second kappa shape index (κ2) is 7.88. The number of aromatic nitrogens is 1. The molecule has 0 aliphatic carbocycles. The molecule has 0 bridgehead atoms. The third kappa shape index (κ3) is 4.08. The molecule has 0 spiro atoms. The Morgan fingerprint density at radius 2 is 1.86 bits per heavy atom. The highest BCUT2D eigenvalue weighted by atomic mass is 35.5. The average Bonchev–Trinajstić information content (AvgIpc) is 3.10. The van der Waals surface area contributed by atoms with Gasteiger partial charge in [0.1, 0.15) is 0 Å². The molecule has 0 unspecified atom stereocenters. The summed E-state index contributed by atoms with van der Waals surface area (Å²) in [5.41, 5.74) is 9.51. The second-order valence-electron chi connectivity index (χ2n) is 6.22. The number of halogens is 1. The third-order valence-corrected chi connectivity index (χ3v) is 5.45. The van der Waals surface area contributed by atoms with Gasteiger partial charge in [0.25, 0.3) is 5.91 Å². The van der Waals surface area contributed by atoms with Crippen LogP contribution in [-0.4, -0.2) is 10.9 Å². The number of amides is 1. The number of carbonyl (C=O) groups excluding carboxylic acids is 1. The maximum atomic E-state index is 12.4. The molecule has 4 aromatic rings. The number of rotatable bonds is 5. The van der Waals surface area contributed by atoms with Gasteiger partial charge >= 0.3 is 0 Å². The van der Waals surface area contributed by atoms with Gasteiger partial charge in [-0.05, 0) is 48.0 Å². The van der Waals surface area contributed by atoms with Crippen LogP contribution in [0.15, 0.2) is 66.7 Å². The van der Waals surface area contributed by atoms with E-state index in [0.29, 0.717) is 28.5 Å². The number of para-hydroxylation sites is 2. The fraction of sp³-hybridized carbons (Fsp3) is 0.0476. The largest absolute Gasteiger partial charge is 0.397 e. The summed E-state index contributed by atoms with van der Waals surface area (Å²) in [7, 11) is 0. The molecule has 1 heterocycles. The predicted octanol–water partition coefficient (Wildman–Crippen LogP) is 5.40. The van der Waals surface area contributed by atoms with Crippen LogP contribution >= 0.6 is 22.9 Å². The fourth-order valence-electron chi connectivity index (χ4n) is 2.73. The summed E-state index contributed by atoms with van der Waals surface area (Å²) in [6.45, 7) is 0.612. The van der Waals surface area contributed by atoms with Gasteiger partial charge in [0.15, 0.2) is 5.13 Å². The van der Waals surface area contributed by atoms with Gasteiger partial charge in [0.2, 0.25) is 0 Å². The number of nitrogens with zero attached hydrogens (tertiary/aromatic N) is 1. The van der Waals surface area contributed by atoms with Gasteiger partial charge in [0.05, 0.1) is 21.6 Å². The van der Waals surface area contributed by atoms with Crippen LogP contribution in [0, 0.1) is 0 Å². The first kappa shape index (κ1) is 18.3. The molecule has 0 atom stereocenters. The van der Waals surface area contributed by atoms with E-state index in [2.05, 4.69) is 15.6 Å². The summed E-state index contributed by atoms with van der Waals surface area (Å²) in [6.07, 6.45) is 0. The van der Waals surface area contributed by atoms with E-state index in [4.69, 9.17) is 17.3 Å². The van der Waals surface area contributed by atoms with Crippen LogP contribution in [0.3, 0.4) is 0 Å². The number of benzene rings is 3. The summed E-state index contributed by atoms with van der Waals surface area (Å²) in [5, 5.41) is 7.65. The van der Waals surface area contributed by atoms with E-state index in [1.807, 2.05) is 42.5 Å². The van der Waals surface area contributed by atoms with Gasteiger partial charge in [-0.15, -0.1) is 0 Å². The van der Waals surface area contributed by atoms with E-state index < -0.39 is 0 Å². The number of nitrogens with one attached hydrogen (secondary N) is 2. The molecule has 140 valence electrons. The highest BCUT2D eigenvalue weighted by Gasteiger charge is 2.08. The Morgan fingerprint density at radius 1 is 1.07 bits per heavy atom. The predicted molar refractivity (Wildman–Crippen MR) is 117 cm³/mol. The summed E-state index contributed by atoms with van der Waals surface area (Å²) in [5.74, 6) is -0.194. The van der Waals surface area contributed by atoms with Crippen molar-refractivity contribution in [2.75, 3.05) is 16.4 Å². The van der Waals surface area contributed by atoms with Gasteiger partial charge < -0.3 is 16.4 Å². The second-order valence-corrected chi connectivity index (χ2v) is 7.69. The van der Waals surface area contributed by atoms with Crippen molar-refractivity contribution in [1.82, 2.24) is 4.98 Å². The first-order valence-electron chi connectivity index (χ1n) is 8.63. The minimum atomic E-state index is -0.194. The molecule has 1 aromatic heterocycles. The minimum Gasteiger partial charge on any atom is -0.397 e. The van der Waals surface area contributed by atoms with Crippen LogP contribution in [0.1, 0.15) is 15.9 Å². The molecular weight excluding hydrogens is 392 g/mol. The van der Waals surface area contributed by atoms with Gasteiger partial charge in [-0.1, -0.05) is 47.2 Å². The highest BCUT2D eigenvalue weighted by Crippen LogP contribution is 2.28. The number of hydrogen-bond donors (Lipinski definition) is 3. The molecule has 4 N–H and O–H groups in total. The molecule has 0 saturated carbocycles. The van der Waals surface area contributed by atoms with Crippen LogP contribution in [0.2, 0.25) is 5.02 Å². The van der Waals surface area contributed by atoms with Gasteiger partial charge in [0, 0.05) is 17.1 Å². The van der Waals surface area contributed by atoms with Crippen molar-refractivity contribution in [3.8, 4) is 0 Å². The summed E-state index contributed by atoms with van der Waals surface area (Å²) >= 11 is 7.58. The molecule has 28 heavy (non-hydrogen) atoms. The first-order chi connectivity index (χ1) is 13.6. The van der Waals surface area contributed by atoms with Crippen molar-refractivity contribution in [2.45, 2.75) is 6.54 Å². The smallest absolute Gasteiger partial charge is 0.255 e. The van der Waals surface area contributed by atoms with E-state index in [1.165, 1.54) is 0 Å². The van der Waals surface area contributed by atoms with Crippen LogP contribution in [0.5, 0.6) is 0 Å². The monoisotopic (exact) mass is 408 g/mol. The molecule has 0 aliphatic heterocycles. The lowest BCUT2D eigenvalue weighted by atomic mass is 10.1. The van der Waals surface area contributed by atoms with Crippen LogP contribution in [0.4, 0.5) is 16.5 Å². The van der Waals surface area contributed by atoms with E-state index in [1.54, 1.807) is 35.6 Å². The number of nitrogen functional groups attached to an aromatic ring is 1. The summed E-state index contributed by atoms with van der Waals surface area (Å²) in [6, 6.07) is 20.3. The fourth-order valence-corrected chi connectivity index (χ4v) is 3.74. The Labute approximate surface area is 171 Å². The zero-order chi connectivity index (χ0) is 19.5. The Hall–Kier alpha value is -3.09. The van der Waals surface area contributed by atoms with E-state index in [0.717, 1.165) is 20.9 Å². The maximum absolute atomic E-state index is 12.4. The topological polar surface area (TPSA) is 80.0 Å². The highest BCUT2D eigenvalue weighted by molar-refractivity contribution is 7.22. The van der Waals surface area contributed by atoms with Crippen molar-refractivity contribution in [1.29, 1.82) is 0 Å². The van der Waals surface area contributed by atoms with Gasteiger partial charge in [-0.25, -0.2) is 4.98 Å². The Bertz CT molecular complexity index is 1140. The lowest BCUT2D eigenvalue weighted by Gasteiger charge is -2.08. The third-order valence-electron chi connectivity index (χ3n) is 4.22. The van der Waals surface area contributed by atoms with Crippen LogP contribution in [0.25, 0.3) is 10.2 Å². The standard InChI is InChI=1S/C21H17ClN4OS/c22-15-9-10-19-18(11-15)26-21(28-19)24-12-13-5-7-14(8-6-13)20(27)25-17-4-2-1-3-16(17)23/h1-11H,12,23H2,(H,24,26)(H,25,27). The zero-order valence-corrected chi connectivity index (χ0v) is 16.3. The number of thiazole rings is 1. The quantitative estimate of drug-likeness (QED) is 0.386. The molecule has 5 nitrogen and oxygen atoms in total. The van der Waals surface area contributed by atoms with Crippen molar-refractivity contribution >= 4 is 55.6 Å². The summed E-state index contributed by atoms with van der Waals surface area (Å²) < 4.78 is 1.08. The molecule has 4 rings (SSSR count). The average molecular weight is 409 g/mol. The van der Waals surface area contributed by atoms with Crippen molar-refractivity contribution in [2.24, 2.45) is 0 Å². The number of anilines is 3. The number of hydrogen-bond acceptors (Lipinski definition) is 5.